The van der Waals surface area contributed by atoms with Crippen LogP contribution < -0.4 is 5.73 Å². The Hall–Kier alpha value is -1.14. The van der Waals surface area contributed by atoms with Crippen LogP contribution in [0.25, 0.3) is 0 Å². The van der Waals surface area contributed by atoms with E-state index >= 15 is 0 Å². The highest BCUT2D eigenvalue weighted by atomic mass is 16.5. The normalized spacial score (nSPS) is 25.5. The Morgan fingerprint density at radius 2 is 2.00 bits per heavy atom. The quantitative estimate of drug-likeness (QED) is 0.754. The van der Waals surface area contributed by atoms with Gasteiger partial charge >= 0.3 is 0 Å². The minimum Gasteiger partial charge on any atom is -0.378 e. The number of nitrogens with zero attached hydrogens (tertiary/aromatic N) is 2. The Bertz CT molecular complexity index is 342. The zero-order valence-corrected chi connectivity index (χ0v) is 11.5. The molecule has 2 fully saturated rings. The molecule has 2 amide bonds. The number of ether oxygens (including phenoxy) is 1. The fraction of sp³-hybridized carbons (Fsp3) is 0.846. The van der Waals surface area contributed by atoms with Crippen LogP contribution in [-0.4, -0.2) is 66.5 Å². The van der Waals surface area contributed by atoms with E-state index in [2.05, 4.69) is 0 Å². The van der Waals surface area contributed by atoms with Crippen molar-refractivity contribution < 1.29 is 14.3 Å². The molecule has 1 unspecified atom stereocenters. The van der Waals surface area contributed by atoms with Gasteiger partial charge in [-0.25, -0.2) is 0 Å². The number of hydrogen-bond donors (Lipinski definition) is 1. The number of carbonyl (C=O) groups excluding carboxylic acids is 2. The minimum atomic E-state index is -0.488. The first-order valence-electron chi connectivity index (χ1n) is 7.07. The van der Waals surface area contributed by atoms with E-state index in [1.807, 2.05) is 6.92 Å². The third kappa shape index (κ3) is 3.06. The fourth-order valence-corrected chi connectivity index (χ4v) is 2.67. The molecule has 0 aromatic rings. The molecule has 0 saturated carbocycles. The summed E-state index contributed by atoms with van der Waals surface area (Å²) in [4.78, 5) is 28.1. The van der Waals surface area contributed by atoms with Crippen molar-refractivity contribution in [2.24, 2.45) is 5.73 Å². The molecule has 0 radical (unpaired) electrons. The van der Waals surface area contributed by atoms with Gasteiger partial charge in [-0.3, -0.25) is 9.59 Å². The highest BCUT2D eigenvalue weighted by Gasteiger charge is 2.38. The Balaban J connectivity index is 2.01. The van der Waals surface area contributed by atoms with Gasteiger partial charge in [-0.15, -0.1) is 0 Å². The summed E-state index contributed by atoms with van der Waals surface area (Å²) < 4.78 is 5.25. The maximum atomic E-state index is 12.5. The lowest BCUT2D eigenvalue weighted by Gasteiger charge is -2.33. The summed E-state index contributed by atoms with van der Waals surface area (Å²) in [6.07, 6.45) is 2.23. The molecule has 19 heavy (non-hydrogen) atoms. The van der Waals surface area contributed by atoms with Crippen LogP contribution in [0.15, 0.2) is 0 Å². The number of hydrogen-bond acceptors (Lipinski definition) is 4. The summed E-state index contributed by atoms with van der Waals surface area (Å²) >= 11 is 0. The average Bonchev–Trinajstić information content (AvgIpc) is 2.95. The molecule has 6 heteroatoms. The van der Waals surface area contributed by atoms with Crippen molar-refractivity contribution >= 4 is 11.8 Å². The second kappa shape index (κ2) is 6.34. The van der Waals surface area contributed by atoms with E-state index in [-0.39, 0.29) is 17.9 Å². The zero-order chi connectivity index (χ0) is 13.8. The van der Waals surface area contributed by atoms with E-state index in [0.29, 0.717) is 39.3 Å². The van der Waals surface area contributed by atoms with Gasteiger partial charge in [-0.05, 0) is 19.3 Å². The minimum absolute atomic E-state index is 0.0532. The number of likely N-dealkylation sites (tertiary alicyclic amines) is 1. The molecule has 2 aliphatic rings. The fourth-order valence-electron chi connectivity index (χ4n) is 2.67. The first kappa shape index (κ1) is 14.3. The van der Waals surface area contributed by atoms with Crippen LogP contribution in [-0.2, 0) is 14.3 Å². The summed E-state index contributed by atoms with van der Waals surface area (Å²) in [5.74, 6) is -0.0379. The van der Waals surface area contributed by atoms with E-state index in [1.165, 1.54) is 0 Å². The molecule has 0 spiro atoms. The molecule has 2 aliphatic heterocycles. The predicted molar refractivity (Wildman–Crippen MR) is 70.4 cm³/mol. The van der Waals surface area contributed by atoms with E-state index in [9.17, 15) is 9.59 Å². The van der Waals surface area contributed by atoms with Crippen LogP contribution >= 0.6 is 0 Å². The van der Waals surface area contributed by atoms with E-state index in [4.69, 9.17) is 10.5 Å². The van der Waals surface area contributed by atoms with Gasteiger partial charge in [0.05, 0.1) is 19.3 Å². The molecule has 2 saturated heterocycles. The number of carbonyl (C=O) groups is 2. The van der Waals surface area contributed by atoms with Gasteiger partial charge < -0.3 is 20.3 Å². The van der Waals surface area contributed by atoms with Crippen LogP contribution in [0.3, 0.4) is 0 Å². The second-order valence-electron chi connectivity index (χ2n) is 5.14. The van der Waals surface area contributed by atoms with Crippen LogP contribution in [0.4, 0.5) is 0 Å². The lowest BCUT2D eigenvalue weighted by atomic mass is 10.1. The maximum Gasteiger partial charge on any atom is 0.245 e. The largest absolute Gasteiger partial charge is 0.378 e. The molecular weight excluding hydrogens is 246 g/mol. The smallest absolute Gasteiger partial charge is 0.245 e. The summed E-state index contributed by atoms with van der Waals surface area (Å²) in [5.41, 5.74) is 5.80. The Morgan fingerprint density at radius 3 is 2.63 bits per heavy atom. The van der Waals surface area contributed by atoms with Crippen LogP contribution in [0.2, 0.25) is 0 Å². The first-order valence-corrected chi connectivity index (χ1v) is 7.07. The second-order valence-corrected chi connectivity index (χ2v) is 5.14. The first-order chi connectivity index (χ1) is 9.15. The maximum absolute atomic E-state index is 12.5. The van der Waals surface area contributed by atoms with Crippen molar-refractivity contribution in [3.05, 3.63) is 0 Å². The van der Waals surface area contributed by atoms with Crippen molar-refractivity contribution in [1.82, 2.24) is 9.80 Å². The molecule has 0 aromatic heterocycles. The summed E-state index contributed by atoms with van der Waals surface area (Å²) in [6, 6.07) is -0.804. The molecule has 2 heterocycles. The Kier molecular flexibility index (Phi) is 4.76. The van der Waals surface area contributed by atoms with Crippen molar-refractivity contribution in [3.63, 3.8) is 0 Å². The van der Waals surface area contributed by atoms with Crippen molar-refractivity contribution in [1.29, 1.82) is 0 Å². The third-order valence-corrected chi connectivity index (χ3v) is 3.90. The topological polar surface area (TPSA) is 75.9 Å². The monoisotopic (exact) mass is 269 g/mol. The molecule has 108 valence electrons. The van der Waals surface area contributed by atoms with Crippen molar-refractivity contribution in [2.45, 2.75) is 38.3 Å². The summed E-state index contributed by atoms with van der Waals surface area (Å²) in [7, 11) is 0. The van der Waals surface area contributed by atoms with E-state index < -0.39 is 6.04 Å². The number of rotatable bonds is 3. The molecule has 0 aliphatic carbocycles. The van der Waals surface area contributed by atoms with Gasteiger partial charge in [0.25, 0.3) is 0 Å². The van der Waals surface area contributed by atoms with Crippen LogP contribution in [0.5, 0.6) is 0 Å². The highest BCUT2D eigenvalue weighted by Crippen LogP contribution is 2.21. The predicted octanol–water partition coefficient (Wildman–Crippen LogP) is -0.426. The molecule has 0 aromatic carbocycles. The summed E-state index contributed by atoms with van der Waals surface area (Å²) in [6.45, 7) is 4.95. The van der Waals surface area contributed by atoms with Gasteiger partial charge in [0.1, 0.15) is 6.04 Å². The van der Waals surface area contributed by atoms with E-state index in [0.717, 1.165) is 12.8 Å². The number of amides is 2. The van der Waals surface area contributed by atoms with Gasteiger partial charge in [0, 0.05) is 19.6 Å². The van der Waals surface area contributed by atoms with Crippen molar-refractivity contribution in [3.8, 4) is 0 Å². The third-order valence-electron chi connectivity index (χ3n) is 3.90. The lowest BCUT2D eigenvalue weighted by molar-refractivity contribution is -0.147. The van der Waals surface area contributed by atoms with Crippen molar-refractivity contribution in [2.75, 3.05) is 32.8 Å². The SMILES string of the molecule is CC[C@@H](N)C(=O)N1CCCC1C(=O)N1CCOCC1. The Morgan fingerprint density at radius 1 is 1.32 bits per heavy atom. The van der Waals surface area contributed by atoms with Gasteiger partial charge in [-0.1, -0.05) is 6.92 Å². The van der Waals surface area contributed by atoms with Crippen LogP contribution in [0.1, 0.15) is 26.2 Å². The molecule has 2 rings (SSSR count). The molecule has 6 nitrogen and oxygen atoms in total. The lowest BCUT2D eigenvalue weighted by Crippen LogP contribution is -2.53. The summed E-state index contributed by atoms with van der Waals surface area (Å²) in [5, 5.41) is 0. The van der Waals surface area contributed by atoms with Gasteiger partial charge in [0.2, 0.25) is 11.8 Å². The van der Waals surface area contributed by atoms with Gasteiger partial charge in [0.15, 0.2) is 0 Å². The molecule has 2 N–H and O–H groups in total. The number of morpholine rings is 1. The average molecular weight is 269 g/mol. The molecule has 2 atom stereocenters. The highest BCUT2D eigenvalue weighted by molar-refractivity contribution is 5.90. The van der Waals surface area contributed by atoms with Crippen LogP contribution in [0, 0.1) is 0 Å². The molecule has 0 bridgehead atoms. The number of nitrogens with two attached hydrogens (primary N) is 1. The standard InChI is InChI=1S/C13H23N3O3/c1-2-10(14)12(17)16-5-3-4-11(16)13(18)15-6-8-19-9-7-15/h10-11H,2-9,14H2,1H3/t10-,11?/m1/s1. The molecular formula is C13H23N3O3. The van der Waals surface area contributed by atoms with Gasteiger partial charge in [-0.2, -0.15) is 0 Å². The van der Waals surface area contributed by atoms with E-state index in [1.54, 1.807) is 9.80 Å². The Labute approximate surface area is 113 Å². The zero-order valence-electron chi connectivity index (χ0n) is 11.5.